The highest BCUT2D eigenvalue weighted by atomic mass is 16.5. The number of nitrogens with zero attached hydrogens (tertiary/aromatic N) is 4. The molecule has 0 amide bonds. The molecule has 0 spiro atoms. The van der Waals surface area contributed by atoms with Gasteiger partial charge < -0.3 is 20.3 Å². The van der Waals surface area contributed by atoms with Crippen molar-refractivity contribution in [3.63, 3.8) is 0 Å². The Bertz CT molecular complexity index is 696. The predicted molar refractivity (Wildman–Crippen MR) is 97.4 cm³/mol. The van der Waals surface area contributed by atoms with E-state index in [-0.39, 0.29) is 6.10 Å². The first-order chi connectivity index (χ1) is 11.5. The molecule has 0 radical (unpaired) electrons. The fraction of sp³-hybridized carbons (Fsp3) is 0.444. The fourth-order valence-corrected chi connectivity index (χ4v) is 2.82. The van der Waals surface area contributed by atoms with E-state index in [1.165, 1.54) is 0 Å². The first-order valence-corrected chi connectivity index (χ1v) is 8.37. The second-order valence-corrected chi connectivity index (χ2v) is 6.42. The Morgan fingerprint density at radius 1 is 1.08 bits per heavy atom. The van der Waals surface area contributed by atoms with Gasteiger partial charge in [0.25, 0.3) is 0 Å². The van der Waals surface area contributed by atoms with Crippen LogP contribution >= 0.6 is 0 Å². The lowest BCUT2D eigenvalue weighted by Crippen LogP contribution is -2.44. The summed E-state index contributed by atoms with van der Waals surface area (Å²) in [5, 5.41) is 0. The highest BCUT2D eigenvalue weighted by molar-refractivity contribution is 5.70. The summed E-state index contributed by atoms with van der Waals surface area (Å²) in [6.07, 6.45) is 0.0995. The molecule has 24 heavy (non-hydrogen) atoms. The van der Waals surface area contributed by atoms with E-state index in [9.17, 15) is 0 Å². The third-order valence-corrected chi connectivity index (χ3v) is 4.08. The van der Waals surface area contributed by atoms with Gasteiger partial charge in [-0.25, -0.2) is 4.98 Å². The van der Waals surface area contributed by atoms with Gasteiger partial charge in [-0.1, -0.05) is 12.1 Å². The number of ether oxygens (including phenoxy) is 1. The van der Waals surface area contributed by atoms with E-state index in [0.717, 1.165) is 49.0 Å². The van der Waals surface area contributed by atoms with Gasteiger partial charge in [-0.2, -0.15) is 4.98 Å². The first kappa shape index (κ1) is 16.5. The summed E-state index contributed by atoms with van der Waals surface area (Å²) in [5.41, 5.74) is 7.72. The predicted octanol–water partition coefficient (Wildman–Crippen LogP) is 2.26. The van der Waals surface area contributed by atoms with Crippen LogP contribution in [-0.2, 0) is 0 Å². The van der Waals surface area contributed by atoms with Gasteiger partial charge in [0.05, 0.1) is 11.8 Å². The smallest absolute Gasteiger partial charge is 0.222 e. The first-order valence-electron chi connectivity index (χ1n) is 8.37. The monoisotopic (exact) mass is 327 g/mol. The van der Waals surface area contributed by atoms with Crippen molar-refractivity contribution < 1.29 is 4.74 Å². The maximum Gasteiger partial charge on any atom is 0.222 e. The van der Waals surface area contributed by atoms with Crippen LogP contribution < -0.4 is 15.4 Å². The fourth-order valence-electron chi connectivity index (χ4n) is 2.82. The Morgan fingerprint density at radius 3 is 2.50 bits per heavy atom. The zero-order valence-corrected chi connectivity index (χ0v) is 14.6. The summed E-state index contributed by atoms with van der Waals surface area (Å²) in [7, 11) is 2.14. The van der Waals surface area contributed by atoms with Gasteiger partial charge in [0, 0.05) is 37.8 Å². The molecule has 1 fully saturated rings. The Kier molecular flexibility index (Phi) is 4.85. The molecule has 2 aromatic rings. The second-order valence-electron chi connectivity index (χ2n) is 6.42. The van der Waals surface area contributed by atoms with Gasteiger partial charge >= 0.3 is 0 Å². The van der Waals surface area contributed by atoms with Crippen molar-refractivity contribution in [2.45, 2.75) is 20.0 Å². The molecule has 6 heteroatoms. The van der Waals surface area contributed by atoms with E-state index in [1.807, 2.05) is 44.2 Å². The number of rotatable bonds is 4. The van der Waals surface area contributed by atoms with Crippen LogP contribution in [0.25, 0.3) is 11.3 Å². The largest absolute Gasteiger partial charge is 0.490 e. The van der Waals surface area contributed by atoms with Crippen LogP contribution in [0.1, 0.15) is 13.8 Å². The minimum Gasteiger partial charge on any atom is -0.490 e. The van der Waals surface area contributed by atoms with Gasteiger partial charge in [-0.05, 0) is 33.0 Å². The van der Waals surface area contributed by atoms with Crippen molar-refractivity contribution in [2.75, 3.05) is 43.9 Å². The number of nitrogen functional groups attached to an aromatic ring is 1. The molecule has 0 bridgehead atoms. The van der Waals surface area contributed by atoms with Crippen molar-refractivity contribution in [1.29, 1.82) is 0 Å². The van der Waals surface area contributed by atoms with Gasteiger partial charge in [0.15, 0.2) is 0 Å². The molecule has 0 unspecified atom stereocenters. The van der Waals surface area contributed by atoms with Crippen LogP contribution in [0, 0.1) is 0 Å². The summed E-state index contributed by atoms with van der Waals surface area (Å²) in [6, 6.07) is 9.92. The number of piperazine rings is 1. The van der Waals surface area contributed by atoms with Crippen molar-refractivity contribution >= 4 is 11.8 Å². The normalized spacial score (nSPS) is 15.8. The zero-order valence-electron chi connectivity index (χ0n) is 14.6. The SMILES string of the molecule is CC(C)Oc1ccccc1-c1cc(N2CCN(C)CC2)nc(N)n1. The number of hydrogen-bond donors (Lipinski definition) is 1. The van der Waals surface area contributed by atoms with Crippen LogP contribution in [0.15, 0.2) is 30.3 Å². The Labute approximate surface area is 143 Å². The summed E-state index contributed by atoms with van der Waals surface area (Å²) in [4.78, 5) is 13.4. The van der Waals surface area contributed by atoms with E-state index in [0.29, 0.717) is 5.95 Å². The number of nitrogens with two attached hydrogens (primary N) is 1. The van der Waals surface area contributed by atoms with Crippen LogP contribution in [0.2, 0.25) is 0 Å². The molecule has 3 rings (SSSR count). The molecule has 0 atom stereocenters. The van der Waals surface area contributed by atoms with Gasteiger partial charge in [0.2, 0.25) is 5.95 Å². The maximum atomic E-state index is 5.98. The van der Waals surface area contributed by atoms with Crippen molar-refractivity contribution in [2.24, 2.45) is 0 Å². The molecular formula is C18H25N5O. The average Bonchev–Trinajstić information content (AvgIpc) is 2.55. The number of aromatic nitrogens is 2. The molecule has 2 heterocycles. The zero-order chi connectivity index (χ0) is 17.1. The molecule has 1 aliphatic heterocycles. The highest BCUT2D eigenvalue weighted by Gasteiger charge is 2.18. The summed E-state index contributed by atoms with van der Waals surface area (Å²) < 4.78 is 5.92. The number of benzene rings is 1. The quantitative estimate of drug-likeness (QED) is 0.929. The molecule has 0 aliphatic carbocycles. The van der Waals surface area contributed by atoms with Crippen molar-refractivity contribution in [3.05, 3.63) is 30.3 Å². The lowest BCUT2D eigenvalue weighted by Gasteiger charge is -2.33. The summed E-state index contributed by atoms with van der Waals surface area (Å²) in [6.45, 7) is 7.95. The third kappa shape index (κ3) is 3.76. The van der Waals surface area contributed by atoms with E-state index >= 15 is 0 Å². The Hall–Kier alpha value is -2.34. The van der Waals surface area contributed by atoms with Gasteiger partial charge in [-0.15, -0.1) is 0 Å². The van der Waals surface area contributed by atoms with E-state index in [4.69, 9.17) is 10.5 Å². The topological polar surface area (TPSA) is 67.5 Å². The molecule has 1 saturated heterocycles. The number of para-hydroxylation sites is 1. The van der Waals surface area contributed by atoms with Crippen LogP contribution in [-0.4, -0.2) is 54.2 Å². The summed E-state index contributed by atoms with van der Waals surface area (Å²) in [5.74, 6) is 1.99. The van der Waals surface area contributed by atoms with Crippen LogP contribution in [0.4, 0.5) is 11.8 Å². The summed E-state index contributed by atoms with van der Waals surface area (Å²) >= 11 is 0. The number of likely N-dealkylation sites (N-methyl/N-ethyl adjacent to an activating group) is 1. The Morgan fingerprint density at radius 2 is 1.79 bits per heavy atom. The van der Waals surface area contributed by atoms with Gasteiger partial charge in [0.1, 0.15) is 11.6 Å². The van der Waals surface area contributed by atoms with E-state index in [1.54, 1.807) is 0 Å². The average molecular weight is 327 g/mol. The standard InChI is InChI=1S/C18H25N5O/c1-13(2)24-16-7-5-4-6-14(16)15-12-17(21-18(19)20-15)23-10-8-22(3)9-11-23/h4-7,12-13H,8-11H2,1-3H3,(H2,19,20,21). The maximum absolute atomic E-state index is 5.98. The minimum absolute atomic E-state index is 0.0995. The molecule has 1 aromatic heterocycles. The Balaban J connectivity index is 1.95. The molecule has 0 saturated carbocycles. The third-order valence-electron chi connectivity index (χ3n) is 4.08. The van der Waals surface area contributed by atoms with E-state index in [2.05, 4.69) is 26.8 Å². The number of anilines is 2. The number of hydrogen-bond acceptors (Lipinski definition) is 6. The van der Waals surface area contributed by atoms with E-state index < -0.39 is 0 Å². The second kappa shape index (κ2) is 7.05. The van der Waals surface area contributed by atoms with Crippen LogP contribution in [0.3, 0.4) is 0 Å². The molecule has 128 valence electrons. The molecule has 2 N–H and O–H groups in total. The minimum atomic E-state index is 0.0995. The highest BCUT2D eigenvalue weighted by Crippen LogP contribution is 2.31. The van der Waals surface area contributed by atoms with Crippen molar-refractivity contribution in [1.82, 2.24) is 14.9 Å². The molecular weight excluding hydrogens is 302 g/mol. The lowest BCUT2D eigenvalue weighted by molar-refractivity contribution is 0.243. The molecule has 1 aliphatic rings. The van der Waals surface area contributed by atoms with Crippen LogP contribution in [0.5, 0.6) is 5.75 Å². The van der Waals surface area contributed by atoms with Crippen molar-refractivity contribution in [3.8, 4) is 17.0 Å². The molecule has 1 aromatic carbocycles. The lowest BCUT2D eigenvalue weighted by atomic mass is 10.1. The molecule has 6 nitrogen and oxygen atoms in total. The van der Waals surface area contributed by atoms with Gasteiger partial charge in [-0.3, -0.25) is 0 Å².